The molecule has 0 unspecified atom stereocenters. The van der Waals surface area contributed by atoms with Crippen molar-refractivity contribution in [3.8, 4) is 0 Å². The highest BCUT2D eigenvalue weighted by molar-refractivity contribution is 5.92. The van der Waals surface area contributed by atoms with E-state index in [-0.39, 0.29) is 11.3 Å². The minimum absolute atomic E-state index is 0.0569. The molecule has 2 heterocycles. The first-order chi connectivity index (χ1) is 12.9. The van der Waals surface area contributed by atoms with Gasteiger partial charge in [0.2, 0.25) is 0 Å². The molecule has 27 heavy (non-hydrogen) atoms. The lowest BCUT2D eigenvalue weighted by Crippen LogP contribution is -2.45. The fourth-order valence-corrected chi connectivity index (χ4v) is 3.90. The molecule has 1 aliphatic heterocycles. The van der Waals surface area contributed by atoms with Gasteiger partial charge in [0, 0.05) is 32.2 Å². The summed E-state index contributed by atoms with van der Waals surface area (Å²) in [6, 6.07) is 10.5. The van der Waals surface area contributed by atoms with Crippen LogP contribution >= 0.6 is 0 Å². The second-order valence-electron chi connectivity index (χ2n) is 8.19. The maximum absolute atomic E-state index is 12.8. The van der Waals surface area contributed by atoms with E-state index in [1.165, 1.54) is 11.1 Å². The number of carbonyl (C=O) groups excluding carboxylic acids is 1. The average Bonchev–Trinajstić information content (AvgIpc) is 3.00. The number of aryl methyl sites for hydroxylation is 2. The largest absolute Gasteiger partial charge is 0.381 e. The van der Waals surface area contributed by atoms with Crippen molar-refractivity contribution in [3.63, 3.8) is 0 Å². The predicted octanol–water partition coefficient (Wildman–Crippen LogP) is 3.41. The van der Waals surface area contributed by atoms with Crippen LogP contribution in [0.3, 0.4) is 0 Å². The number of hydrogen-bond acceptors (Lipinski definition) is 3. The Morgan fingerprint density at radius 1 is 1.30 bits per heavy atom. The van der Waals surface area contributed by atoms with Gasteiger partial charge in [-0.15, -0.1) is 0 Å². The summed E-state index contributed by atoms with van der Waals surface area (Å²) >= 11 is 0. The number of rotatable bonds is 6. The van der Waals surface area contributed by atoms with Gasteiger partial charge >= 0.3 is 0 Å². The monoisotopic (exact) mass is 369 g/mol. The van der Waals surface area contributed by atoms with Gasteiger partial charge in [0.05, 0.1) is 5.69 Å². The van der Waals surface area contributed by atoms with Gasteiger partial charge in [-0.2, -0.15) is 5.10 Å². The molecular weight excluding hydrogens is 338 g/mol. The zero-order valence-electron chi connectivity index (χ0n) is 16.9. The minimum atomic E-state index is -0.0702. The van der Waals surface area contributed by atoms with Gasteiger partial charge in [-0.05, 0) is 43.7 Å². The van der Waals surface area contributed by atoms with E-state index in [9.17, 15) is 4.79 Å². The highest BCUT2D eigenvalue weighted by Gasteiger charge is 2.35. The van der Waals surface area contributed by atoms with Gasteiger partial charge in [0.1, 0.15) is 5.69 Å². The van der Waals surface area contributed by atoms with Crippen LogP contribution in [-0.2, 0) is 23.6 Å². The van der Waals surface area contributed by atoms with Crippen molar-refractivity contribution in [1.29, 1.82) is 0 Å². The quantitative estimate of drug-likeness (QED) is 0.849. The molecule has 1 saturated heterocycles. The standard InChI is InChI=1S/C22H31N3O2/c1-16(2)12-19-14-20(25(4)24-19)21(26)23-15-22(8-10-27-11-9-22)18-7-5-6-17(3)13-18/h5-7,13-14,16H,8-12,15H2,1-4H3,(H,23,26). The third-order valence-corrected chi connectivity index (χ3v) is 5.45. The molecule has 1 N–H and O–H groups in total. The van der Waals surface area contributed by atoms with E-state index in [1.807, 2.05) is 13.1 Å². The molecule has 1 fully saturated rings. The lowest BCUT2D eigenvalue weighted by molar-refractivity contribution is 0.0486. The molecule has 0 spiro atoms. The number of ether oxygens (including phenoxy) is 1. The Kier molecular flexibility index (Phi) is 6.00. The summed E-state index contributed by atoms with van der Waals surface area (Å²) in [6.07, 6.45) is 2.72. The van der Waals surface area contributed by atoms with E-state index in [1.54, 1.807) is 4.68 Å². The SMILES string of the molecule is Cc1cccc(C2(CNC(=O)c3cc(CC(C)C)nn3C)CCOCC2)c1. The topological polar surface area (TPSA) is 56.2 Å². The number of aromatic nitrogens is 2. The Bertz CT molecular complexity index is 789. The van der Waals surface area contributed by atoms with Crippen molar-refractivity contribution < 1.29 is 9.53 Å². The summed E-state index contributed by atoms with van der Waals surface area (Å²) in [4.78, 5) is 12.8. The molecule has 0 radical (unpaired) electrons. The van der Waals surface area contributed by atoms with Crippen molar-refractivity contribution in [2.24, 2.45) is 13.0 Å². The molecule has 2 aromatic rings. The van der Waals surface area contributed by atoms with Crippen LogP contribution in [0.5, 0.6) is 0 Å². The van der Waals surface area contributed by atoms with Crippen molar-refractivity contribution in [1.82, 2.24) is 15.1 Å². The number of nitrogens with one attached hydrogen (secondary N) is 1. The fourth-order valence-electron chi connectivity index (χ4n) is 3.90. The van der Waals surface area contributed by atoms with E-state index in [2.05, 4.69) is 55.5 Å². The van der Waals surface area contributed by atoms with E-state index < -0.39 is 0 Å². The van der Waals surface area contributed by atoms with E-state index in [0.717, 1.165) is 38.2 Å². The molecule has 3 rings (SSSR count). The fraction of sp³-hybridized carbons (Fsp3) is 0.545. The van der Waals surface area contributed by atoms with E-state index in [4.69, 9.17) is 4.74 Å². The van der Waals surface area contributed by atoms with E-state index >= 15 is 0 Å². The summed E-state index contributed by atoms with van der Waals surface area (Å²) in [6.45, 7) is 8.50. The van der Waals surface area contributed by atoms with Crippen LogP contribution < -0.4 is 5.32 Å². The maximum atomic E-state index is 12.8. The van der Waals surface area contributed by atoms with Crippen LogP contribution in [0, 0.1) is 12.8 Å². The predicted molar refractivity (Wildman–Crippen MR) is 107 cm³/mol. The third kappa shape index (κ3) is 4.59. The summed E-state index contributed by atoms with van der Waals surface area (Å²) < 4.78 is 7.29. The normalized spacial score (nSPS) is 16.5. The van der Waals surface area contributed by atoms with Crippen molar-refractivity contribution >= 4 is 5.91 Å². The highest BCUT2D eigenvalue weighted by atomic mass is 16.5. The van der Waals surface area contributed by atoms with Gasteiger partial charge in [0.15, 0.2) is 0 Å². The highest BCUT2D eigenvalue weighted by Crippen LogP contribution is 2.34. The lowest BCUT2D eigenvalue weighted by atomic mass is 9.73. The number of amides is 1. The van der Waals surface area contributed by atoms with Crippen LogP contribution in [0.4, 0.5) is 0 Å². The van der Waals surface area contributed by atoms with Crippen molar-refractivity contribution in [2.75, 3.05) is 19.8 Å². The molecule has 1 amide bonds. The molecule has 5 heteroatoms. The van der Waals surface area contributed by atoms with Crippen molar-refractivity contribution in [3.05, 3.63) is 52.8 Å². The summed E-state index contributed by atoms with van der Waals surface area (Å²) in [5.74, 6) is 0.459. The zero-order valence-corrected chi connectivity index (χ0v) is 16.9. The van der Waals surface area contributed by atoms with Gasteiger partial charge in [0.25, 0.3) is 5.91 Å². The molecule has 5 nitrogen and oxygen atoms in total. The summed E-state index contributed by atoms with van der Waals surface area (Å²) in [5, 5.41) is 7.67. The minimum Gasteiger partial charge on any atom is -0.381 e. The van der Waals surface area contributed by atoms with Crippen LogP contribution in [0.1, 0.15) is 54.0 Å². The number of benzene rings is 1. The second-order valence-corrected chi connectivity index (χ2v) is 8.19. The Hall–Kier alpha value is -2.14. The Morgan fingerprint density at radius 3 is 2.70 bits per heavy atom. The van der Waals surface area contributed by atoms with Gasteiger partial charge in [-0.25, -0.2) is 0 Å². The van der Waals surface area contributed by atoms with Crippen LogP contribution in [0.2, 0.25) is 0 Å². The number of hydrogen-bond donors (Lipinski definition) is 1. The number of carbonyl (C=O) groups is 1. The molecule has 146 valence electrons. The van der Waals surface area contributed by atoms with Gasteiger partial charge in [-0.1, -0.05) is 43.7 Å². The molecule has 0 bridgehead atoms. The molecular formula is C22H31N3O2. The maximum Gasteiger partial charge on any atom is 0.269 e. The second kappa shape index (κ2) is 8.26. The third-order valence-electron chi connectivity index (χ3n) is 5.45. The summed E-state index contributed by atoms with van der Waals surface area (Å²) in [5.41, 5.74) is 4.06. The zero-order chi connectivity index (χ0) is 19.4. The first-order valence-corrected chi connectivity index (χ1v) is 9.86. The molecule has 0 aliphatic carbocycles. The molecule has 1 aromatic carbocycles. The average molecular weight is 370 g/mol. The van der Waals surface area contributed by atoms with Gasteiger partial charge < -0.3 is 10.1 Å². The Balaban J connectivity index is 1.76. The first kappa shape index (κ1) is 19.6. The molecule has 1 aromatic heterocycles. The molecule has 0 atom stereocenters. The van der Waals surface area contributed by atoms with Crippen molar-refractivity contribution in [2.45, 2.75) is 45.4 Å². The Morgan fingerprint density at radius 2 is 2.04 bits per heavy atom. The van der Waals surface area contributed by atoms with Crippen LogP contribution in [0.25, 0.3) is 0 Å². The number of nitrogens with zero attached hydrogens (tertiary/aromatic N) is 2. The lowest BCUT2D eigenvalue weighted by Gasteiger charge is -2.38. The van der Waals surface area contributed by atoms with E-state index in [0.29, 0.717) is 18.2 Å². The molecule has 1 aliphatic rings. The smallest absolute Gasteiger partial charge is 0.269 e. The van der Waals surface area contributed by atoms with Crippen LogP contribution in [0.15, 0.2) is 30.3 Å². The van der Waals surface area contributed by atoms with Crippen LogP contribution in [-0.4, -0.2) is 35.4 Å². The first-order valence-electron chi connectivity index (χ1n) is 9.86. The molecule has 0 saturated carbocycles. The summed E-state index contributed by atoms with van der Waals surface area (Å²) in [7, 11) is 1.84. The Labute approximate surface area is 162 Å². The van der Waals surface area contributed by atoms with Gasteiger partial charge in [-0.3, -0.25) is 9.48 Å².